The summed E-state index contributed by atoms with van der Waals surface area (Å²) in [6.07, 6.45) is -0.133. The smallest absolute Gasteiger partial charge is 0.317 e. The highest BCUT2D eigenvalue weighted by Crippen LogP contribution is 2.14. The first-order chi connectivity index (χ1) is 9.73. The quantitative estimate of drug-likeness (QED) is 0.842. The lowest BCUT2D eigenvalue weighted by Crippen LogP contribution is -2.49. The van der Waals surface area contributed by atoms with Crippen molar-refractivity contribution in [1.29, 1.82) is 0 Å². The van der Waals surface area contributed by atoms with Gasteiger partial charge in [0.05, 0.1) is 13.5 Å². The number of urea groups is 1. The lowest BCUT2D eigenvalue weighted by Gasteiger charge is -2.28. The number of benzene rings is 1. The molecule has 0 aliphatic heterocycles. The summed E-state index contributed by atoms with van der Waals surface area (Å²) < 4.78 is 5.14. The van der Waals surface area contributed by atoms with Gasteiger partial charge in [0.2, 0.25) is 0 Å². The molecule has 6 nitrogen and oxygen atoms in total. The molecule has 0 heterocycles. The van der Waals surface area contributed by atoms with E-state index in [9.17, 15) is 9.59 Å². The van der Waals surface area contributed by atoms with Gasteiger partial charge >= 0.3 is 12.0 Å². The highest BCUT2D eigenvalue weighted by molar-refractivity contribution is 5.76. The average Bonchev–Trinajstić information content (AvgIpc) is 2.36. The Morgan fingerprint density at radius 1 is 1.38 bits per heavy atom. The molecule has 1 rings (SSSR count). The molecule has 0 aliphatic carbocycles. The molecule has 0 bridgehead atoms. The van der Waals surface area contributed by atoms with Gasteiger partial charge < -0.3 is 20.1 Å². The van der Waals surface area contributed by atoms with Crippen LogP contribution in [-0.4, -0.2) is 41.7 Å². The lowest BCUT2D eigenvalue weighted by atomic mass is 10.0. The Morgan fingerprint density at radius 3 is 2.62 bits per heavy atom. The largest absolute Gasteiger partial charge is 0.497 e. The number of ether oxygens (including phenoxy) is 1. The van der Waals surface area contributed by atoms with Crippen LogP contribution in [0.4, 0.5) is 4.79 Å². The van der Waals surface area contributed by atoms with Crippen LogP contribution >= 0.6 is 0 Å². The maximum absolute atomic E-state index is 12.1. The van der Waals surface area contributed by atoms with Crippen molar-refractivity contribution in [2.75, 3.05) is 14.2 Å². The van der Waals surface area contributed by atoms with E-state index >= 15 is 0 Å². The van der Waals surface area contributed by atoms with Crippen molar-refractivity contribution in [3.63, 3.8) is 0 Å². The molecule has 116 valence electrons. The number of nitrogens with one attached hydrogen (secondary N) is 1. The van der Waals surface area contributed by atoms with E-state index in [1.54, 1.807) is 28.0 Å². The van der Waals surface area contributed by atoms with E-state index in [4.69, 9.17) is 9.84 Å². The zero-order valence-corrected chi connectivity index (χ0v) is 12.8. The van der Waals surface area contributed by atoms with Crippen LogP contribution in [0.5, 0.6) is 5.75 Å². The van der Waals surface area contributed by atoms with E-state index in [0.717, 1.165) is 11.3 Å². The van der Waals surface area contributed by atoms with E-state index in [1.807, 2.05) is 24.3 Å². The van der Waals surface area contributed by atoms with Crippen LogP contribution in [0.15, 0.2) is 24.3 Å². The molecule has 1 aromatic rings. The summed E-state index contributed by atoms with van der Waals surface area (Å²) in [4.78, 5) is 24.3. The van der Waals surface area contributed by atoms with Crippen LogP contribution in [0.3, 0.4) is 0 Å². The summed E-state index contributed by atoms with van der Waals surface area (Å²) >= 11 is 0. The van der Waals surface area contributed by atoms with E-state index < -0.39 is 11.5 Å². The fraction of sp³-hybridized carbons (Fsp3) is 0.467. The maximum atomic E-state index is 12.1. The number of amides is 2. The number of rotatable bonds is 6. The van der Waals surface area contributed by atoms with Gasteiger partial charge in [-0.25, -0.2) is 4.79 Å². The van der Waals surface area contributed by atoms with Crippen molar-refractivity contribution in [3.8, 4) is 5.75 Å². The van der Waals surface area contributed by atoms with E-state index in [1.165, 1.54) is 4.90 Å². The van der Waals surface area contributed by atoms with Gasteiger partial charge in [-0.15, -0.1) is 0 Å². The van der Waals surface area contributed by atoms with Crippen molar-refractivity contribution in [3.05, 3.63) is 29.8 Å². The van der Waals surface area contributed by atoms with Gasteiger partial charge in [-0.3, -0.25) is 4.79 Å². The van der Waals surface area contributed by atoms with Crippen molar-refractivity contribution < 1.29 is 19.4 Å². The minimum absolute atomic E-state index is 0.133. The van der Waals surface area contributed by atoms with Gasteiger partial charge in [0.1, 0.15) is 5.75 Å². The molecule has 0 aromatic heterocycles. The van der Waals surface area contributed by atoms with Crippen LogP contribution in [0.2, 0.25) is 0 Å². The monoisotopic (exact) mass is 294 g/mol. The summed E-state index contributed by atoms with van der Waals surface area (Å²) in [6.45, 7) is 3.77. The number of hydrogen-bond donors (Lipinski definition) is 2. The predicted octanol–water partition coefficient (Wildman–Crippen LogP) is 2.09. The molecule has 0 atom stereocenters. The number of carbonyl (C=O) groups is 2. The Morgan fingerprint density at radius 2 is 2.05 bits per heavy atom. The fourth-order valence-corrected chi connectivity index (χ4v) is 1.92. The van der Waals surface area contributed by atoms with Crippen LogP contribution in [0.25, 0.3) is 0 Å². The number of carbonyl (C=O) groups excluding carboxylic acids is 1. The minimum atomic E-state index is -0.948. The van der Waals surface area contributed by atoms with Crippen molar-refractivity contribution in [2.45, 2.75) is 32.4 Å². The number of aliphatic carboxylic acids is 1. The Kier molecular flexibility index (Phi) is 5.58. The molecule has 2 amide bonds. The SMILES string of the molecule is COc1cccc(CN(C)C(=O)NC(C)(C)CC(=O)O)c1. The first-order valence-corrected chi connectivity index (χ1v) is 6.61. The third-order valence-corrected chi connectivity index (χ3v) is 2.94. The minimum Gasteiger partial charge on any atom is -0.497 e. The fourth-order valence-electron chi connectivity index (χ4n) is 1.92. The third-order valence-electron chi connectivity index (χ3n) is 2.94. The molecule has 0 spiro atoms. The van der Waals surface area contributed by atoms with E-state index in [0.29, 0.717) is 6.54 Å². The number of hydrogen-bond acceptors (Lipinski definition) is 3. The second-order valence-corrected chi connectivity index (χ2v) is 5.59. The summed E-state index contributed by atoms with van der Waals surface area (Å²) in [5.74, 6) is -0.219. The molecule has 0 radical (unpaired) electrons. The van der Waals surface area contributed by atoms with Crippen molar-refractivity contribution in [2.24, 2.45) is 0 Å². The molecular weight excluding hydrogens is 272 g/mol. The third kappa shape index (κ3) is 5.72. The summed E-state index contributed by atoms with van der Waals surface area (Å²) in [6, 6.07) is 7.12. The number of nitrogens with zero attached hydrogens (tertiary/aromatic N) is 1. The molecular formula is C15H22N2O4. The Hall–Kier alpha value is -2.24. The molecule has 0 aliphatic rings. The number of carboxylic acid groups (broad SMARTS) is 1. The summed E-state index contributed by atoms with van der Waals surface area (Å²) in [5.41, 5.74) is 0.133. The highest BCUT2D eigenvalue weighted by atomic mass is 16.5. The predicted molar refractivity (Wildman–Crippen MR) is 79.3 cm³/mol. The van der Waals surface area contributed by atoms with Gasteiger partial charge in [-0.2, -0.15) is 0 Å². The number of methoxy groups -OCH3 is 1. The number of carboxylic acids is 1. The molecule has 0 saturated carbocycles. The van der Waals surface area contributed by atoms with Crippen LogP contribution in [-0.2, 0) is 11.3 Å². The van der Waals surface area contributed by atoms with E-state index in [-0.39, 0.29) is 12.5 Å². The van der Waals surface area contributed by atoms with E-state index in [2.05, 4.69) is 5.32 Å². The molecule has 0 fully saturated rings. The average molecular weight is 294 g/mol. The van der Waals surface area contributed by atoms with Gasteiger partial charge in [0.25, 0.3) is 0 Å². The molecule has 6 heteroatoms. The lowest BCUT2D eigenvalue weighted by molar-refractivity contribution is -0.138. The Labute approximate surface area is 124 Å². The molecule has 0 saturated heterocycles. The Bertz CT molecular complexity index is 514. The van der Waals surface area contributed by atoms with Gasteiger partial charge in [-0.05, 0) is 31.5 Å². The summed E-state index contributed by atoms with van der Waals surface area (Å²) in [7, 11) is 3.25. The molecule has 1 aromatic carbocycles. The van der Waals surface area contributed by atoms with Crippen molar-refractivity contribution in [1.82, 2.24) is 10.2 Å². The standard InChI is InChI=1S/C15H22N2O4/c1-15(2,9-13(18)19)16-14(20)17(3)10-11-6-5-7-12(8-11)21-4/h5-8H,9-10H2,1-4H3,(H,16,20)(H,18,19). The van der Waals surface area contributed by atoms with Crippen LogP contribution in [0.1, 0.15) is 25.8 Å². The maximum Gasteiger partial charge on any atom is 0.317 e. The molecule has 0 unspecified atom stereocenters. The second kappa shape index (κ2) is 6.97. The Balaban J connectivity index is 2.64. The second-order valence-electron chi connectivity index (χ2n) is 5.59. The van der Waals surface area contributed by atoms with Crippen LogP contribution < -0.4 is 10.1 Å². The first kappa shape index (κ1) is 16.8. The molecule has 21 heavy (non-hydrogen) atoms. The van der Waals surface area contributed by atoms with Gasteiger partial charge in [0, 0.05) is 19.1 Å². The topological polar surface area (TPSA) is 78.9 Å². The van der Waals surface area contributed by atoms with Gasteiger partial charge in [-0.1, -0.05) is 12.1 Å². The van der Waals surface area contributed by atoms with Gasteiger partial charge in [0.15, 0.2) is 0 Å². The van der Waals surface area contributed by atoms with Crippen LogP contribution in [0, 0.1) is 0 Å². The van der Waals surface area contributed by atoms with Crippen molar-refractivity contribution >= 4 is 12.0 Å². The zero-order chi connectivity index (χ0) is 16.0. The normalized spacial score (nSPS) is 10.9. The molecule has 2 N–H and O–H groups in total. The zero-order valence-electron chi connectivity index (χ0n) is 12.8. The first-order valence-electron chi connectivity index (χ1n) is 6.61. The highest BCUT2D eigenvalue weighted by Gasteiger charge is 2.25. The summed E-state index contributed by atoms with van der Waals surface area (Å²) in [5, 5.41) is 11.5.